The highest BCUT2D eigenvalue weighted by molar-refractivity contribution is 5.92. The third-order valence-corrected chi connectivity index (χ3v) is 4.04. The number of primary amides is 1. The normalized spacial score (nSPS) is 13.3. The number of nitrogens with one attached hydrogen (secondary N) is 1. The smallest absolute Gasteiger partial charge is 0.250 e. The second-order valence-electron chi connectivity index (χ2n) is 5.78. The van der Waals surface area contributed by atoms with Crippen molar-refractivity contribution in [3.05, 3.63) is 47.9 Å². The molecule has 0 saturated carbocycles. The molecular weight excluding hydrogens is 342 g/mol. The summed E-state index contributed by atoms with van der Waals surface area (Å²) in [5, 5.41) is 1.28. The Kier molecular flexibility index (Phi) is 6.53. The third kappa shape index (κ3) is 4.30. The van der Waals surface area contributed by atoms with Crippen molar-refractivity contribution in [1.29, 1.82) is 0 Å². The zero-order valence-corrected chi connectivity index (χ0v) is 14.6. The molecule has 1 amide bonds. The lowest BCUT2D eigenvalue weighted by atomic mass is 10.1. The molecule has 0 aromatic carbocycles. The van der Waals surface area contributed by atoms with E-state index in [0.29, 0.717) is 12.8 Å². The van der Waals surface area contributed by atoms with Crippen LogP contribution in [-0.2, 0) is 0 Å². The van der Waals surface area contributed by atoms with Gasteiger partial charge in [0.2, 0.25) is 5.91 Å². The highest BCUT2D eigenvalue weighted by atomic mass is 19.2. The predicted octanol–water partition coefficient (Wildman–Crippen LogP) is 2.01. The number of nitrogens with zero attached hydrogens (tertiary/aromatic N) is 3. The zero-order valence-electron chi connectivity index (χ0n) is 14.6. The lowest BCUT2D eigenvalue weighted by Gasteiger charge is -2.32. The summed E-state index contributed by atoms with van der Waals surface area (Å²) < 4.78 is 28.0. The average molecular weight is 364 g/mol. The van der Waals surface area contributed by atoms with Crippen LogP contribution < -0.4 is 21.9 Å². The van der Waals surface area contributed by atoms with Crippen LogP contribution in [0.2, 0.25) is 0 Å². The van der Waals surface area contributed by atoms with Crippen LogP contribution in [0.3, 0.4) is 0 Å². The maximum atomic E-state index is 14.4. The Morgan fingerprint density at radius 3 is 2.50 bits per heavy atom. The molecule has 2 heterocycles. The van der Waals surface area contributed by atoms with Gasteiger partial charge in [-0.15, -0.1) is 0 Å². The first-order valence-electron chi connectivity index (χ1n) is 8.25. The van der Waals surface area contributed by atoms with Crippen molar-refractivity contribution in [3.63, 3.8) is 0 Å². The van der Waals surface area contributed by atoms with Gasteiger partial charge in [-0.1, -0.05) is 13.8 Å². The van der Waals surface area contributed by atoms with Gasteiger partial charge in [0, 0.05) is 18.3 Å². The number of carbonyl (C=O) groups is 1. The molecule has 0 aliphatic rings. The number of hydrazine groups is 1. The summed E-state index contributed by atoms with van der Waals surface area (Å²) in [6.45, 7) is 3.86. The fourth-order valence-electron chi connectivity index (χ4n) is 2.43. The molecule has 7 nitrogen and oxygen atoms in total. The first-order valence-corrected chi connectivity index (χ1v) is 8.25. The Morgan fingerprint density at radius 1 is 1.23 bits per heavy atom. The average Bonchev–Trinajstić information content (AvgIpc) is 2.65. The molecule has 0 saturated heterocycles. The molecule has 0 spiro atoms. The second kappa shape index (κ2) is 8.63. The van der Waals surface area contributed by atoms with Gasteiger partial charge in [-0.2, -0.15) is 0 Å². The molecule has 0 fully saturated rings. The van der Waals surface area contributed by atoms with Gasteiger partial charge in [0.25, 0.3) is 0 Å². The summed E-state index contributed by atoms with van der Waals surface area (Å²) in [4.78, 5) is 19.1. The van der Waals surface area contributed by atoms with E-state index in [1.165, 1.54) is 29.5 Å². The van der Waals surface area contributed by atoms with Gasteiger partial charge in [-0.3, -0.25) is 14.8 Å². The topological polar surface area (TPSA) is 110 Å². The molecule has 0 radical (unpaired) electrons. The Bertz CT molecular complexity index is 755. The van der Waals surface area contributed by atoms with Crippen molar-refractivity contribution in [2.24, 2.45) is 11.5 Å². The van der Waals surface area contributed by atoms with E-state index in [0.717, 1.165) is 6.20 Å². The Labute approximate surface area is 150 Å². The maximum Gasteiger partial charge on any atom is 0.250 e. The van der Waals surface area contributed by atoms with Crippen LogP contribution in [0.1, 0.15) is 37.0 Å². The molecule has 0 aliphatic carbocycles. The summed E-state index contributed by atoms with van der Waals surface area (Å²) in [5.41, 5.74) is 14.5. The Hall–Kier alpha value is -2.65. The number of nitrogens with two attached hydrogens (primary N) is 2. The summed E-state index contributed by atoms with van der Waals surface area (Å²) in [6, 6.07) is 2.49. The number of aromatic nitrogens is 2. The zero-order chi connectivity index (χ0) is 19.3. The van der Waals surface area contributed by atoms with E-state index in [4.69, 9.17) is 11.5 Å². The van der Waals surface area contributed by atoms with Crippen molar-refractivity contribution in [2.45, 2.75) is 38.8 Å². The van der Waals surface area contributed by atoms with Gasteiger partial charge < -0.3 is 11.5 Å². The van der Waals surface area contributed by atoms with Gasteiger partial charge in [0.05, 0.1) is 18.0 Å². The standard InChI is InChI=1S/C17H22F2N6O/c1-3-12(20)13(4-2)24-25(14-9-22-8-11(18)16(14)19)15-6-5-10(7-23-15)17(21)26/h5-9,12-13,24H,3-4,20H2,1-2H3,(H2,21,26)/t12-,13+/m0/s1. The van der Waals surface area contributed by atoms with Gasteiger partial charge in [0.15, 0.2) is 11.6 Å². The van der Waals surface area contributed by atoms with Crippen molar-refractivity contribution in [1.82, 2.24) is 15.4 Å². The van der Waals surface area contributed by atoms with E-state index in [-0.39, 0.29) is 29.2 Å². The number of carbonyl (C=O) groups excluding carboxylic acids is 1. The van der Waals surface area contributed by atoms with E-state index in [9.17, 15) is 13.6 Å². The van der Waals surface area contributed by atoms with E-state index in [2.05, 4.69) is 15.4 Å². The molecule has 2 aromatic heterocycles. The molecule has 2 rings (SSSR count). The summed E-state index contributed by atoms with van der Waals surface area (Å²) >= 11 is 0. The van der Waals surface area contributed by atoms with Crippen LogP contribution in [0, 0.1) is 11.6 Å². The SMILES string of the molecule is CC[C@H](N)[C@@H](CC)NN(c1ccc(C(N)=O)cn1)c1cncc(F)c1F. The Balaban J connectivity index is 2.47. The molecule has 0 bridgehead atoms. The number of halogens is 2. The molecule has 0 unspecified atom stereocenters. The largest absolute Gasteiger partial charge is 0.366 e. The van der Waals surface area contributed by atoms with Crippen molar-refractivity contribution < 1.29 is 13.6 Å². The minimum atomic E-state index is -1.09. The van der Waals surface area contributed by atoms with Crippen molar-refractivity contribution in [3.8, 4) is 0 Å². The molecule has 140 valence electrons. The van der Waals surface area contributed by atoms with Crippen LogP contribution in [0.4, 0.5) is 20.3 Å². The van der Waals surface area contributed by atoms with Gasteiger partial charge in [-0.05, 0) is 25.0 Å². The van der Waals surface area contributed by atoms with E-state index in [1.54, 1.807) is 0 Å². The lowest BCUT2D eigenvalue weighted by Crippen LogP contribution is -2.51. The maximum absolute atomic E-state index is 14.4. The summed E-state index contributed by atoms with van der Waals surface area (Å²) in [7, 11) is 0. The van der Waals surface area contributed by atoms with Crippen LogP contribution >= 0.6 is 0 Å². The number of amides is 1. The monoisotopic (exact) mass is 364 g/mol. The van der Waals surface area contributed by atoms with Crippen LogP contribution in [-0.4, -0.2) is 28.0 Å². The quantitative estimate of drug-likeness (QED) is 0.618. The van der Waals surface area contributed by atoms with Crippen LogP contribution in [0.15, 0.2) is 30.7 Å². The van der Waals surface area contributed by atoms with Gasteiger partial charge >= 0.3 is 0 Å². The molecular formula is C17H22F2N6O. The fourth-order valence-corrected chi connectivity index (χ4v) is 2.43. The van der Waals surface area contributed by atoms with Crippen molar-refractivity contribution >= 4 is 17.4 Å². The Morgan fingerprint density at radius 2 is 1.96 bits per heavy atom. The molecule has 9 heteroatoms. The van der Waals surface area contributed by atoms with E-state index in [1.807, 2.05) is 13.8 Å². The van der Waals surface area contributed by atoms with E-state index >= 15 is 0 Å². The number of rotatable bonds is 8. The molecule has 2 aromatic rings. The predicted molar refractivity (Wildman–Crippen MR) is 94.5 cm³/mol. The fraction of sp³-hybridized carbons (Fsp3) is 0.353. The summed E-state index contributed by atoms with van der Waals surface area (Å²) in [5.74, 6) is -2.56. The van der Waals surface area contributed by atoms with Crippen LogP contribution in [0.25, 0.3) is 0 Å². The first-order chi connectivity index (χ1) is 12.4. The first kappa shape index (κ1) is 19.7. The molecule has 26 heavy (non-hydrogen) atoms. The number of hydrogen-bond donors (Lipinski definition) is 3. The highest BCUT2D eigenvalue weighted by Crippen LogP contribution is 2.26. The second-order valence-corrected chi connectivity index (χ2v) is 5.78. The van der Waals surface area contributed by atoms with Crippen LogP contribution in [0.5, 0.6) is 0 Å². The minimum Gasteiger partial charge on any atom is -0.366 e. The lowest BCUT2D eigenvalue weighted by molar-refractivity contribution is 0.1000. The third-order valence-electron chi connectivity index (χ3n) is 4.04. The minimum absolute atomic E-state index is 0.147. The molecule has 5 N–H and O–H groups in total. The summed E-state index contributed by atoms with van der Waals surface area (Å²) in [6.07, 6.45) is 4.57. The number of hydrogen-bond acceptors (Lipinski definition) is 6. The van der Waals surface area contributed by atoms with E-state index < -0.39 is 17.5 Å². The molecule has 2 atom stereocenters. The number of pyridine rings is 2. The van der Waals surface area contributed by atoms with Gasteiger partial charge in [0.1, 0.15) is 11.5 Å². The van der Waals surface area contributed by atoms with Crippen molar-refractivity contribution in [2.75, 3.05) is 5.01 Å². The highest BCUT2D eigenvalue weighted by Gasteiger charge is 2.23. The van der Waals surface area contributed by atoms with Gasteiger partial charge in [-0.25, -0.2) is 19.2 Å². The molecule has 0 aliphatic heterocycles. The number of anilines is 2.